The number of phosphoric acid groups is 1. The van der Waals surface area contributed by atoms with E-state index in [4.69, 9.17) is 18.5 Å². The number of ether oxygens (including phenoxy) is 2. The highest BCUT2D eigenvalue weighted by Gasteiger charge is 2.20. The molecule has 0 bridgehead atoms. The molecule has 56 heavy (non-hydrogen) atoms. The maximum absolute atomic E-state index is 12.6. The highest BCUT2D eigenvalue weighted by molar-refractivity contribution is 7.45. The zero-order chi connectivity index (χ0) is 41.4. The van der Waals surface area contributed by atoms with Gasteiger partial charge in [-0.05, 0) is 83.1 Å². The number of esters is 1. The van der Waals surface area contributed by atoms with Crippen LogP contribution in [0.15, 0.2) is 73.1 Å². The van der Waals surface area contributed by atoms with Crippen molar-refractivity contribution in [1.29, 1.82) is 0 Å². The predicted molar refractivity (Wildman–Crippen MR) is 232 cm³/mol. The first-order valence-electron chi connectivity index (χ1n) is 21.8. The molecule has 10 heteroatoms. The Morgan fingerprint density at radius 2 is 1.18 bits per heavy atom. The fraction of sp³-hybridized carbons (Fsp3) is 0.717. The number of likely N-dealkylation sites (N-methyl/N-ethyl adjacent to an activating group) is 1. The van der Waals surface area contributed by atoms with Gasteiger partial charge in [-0.15, -0.1) is 0 Å². The van der Waals surface area contributed by atoms with E-state index in [0.29, 0.717) is 17.4 Å². The predicted octanol–water partition coefficient (Wildman–Crippen LogP) is 11.4. The van der Waals surface area contributed by atoms with Gasteiger partial charge >= 0.3 is 5.97 Å². The second-order valence-corrected chi connectivity index (χ2v) is 17.0. The van der Waals surface area contributed by atoms with Crippen molar-refractivity contribution in [3.63, 3.8) is 0 Å². The van der Waals surface area contributed by atoms with Crippen molar-refractivity contribution in [2.45, 2.75) is 167 Å². The molecule has 0 aromatic heterocycles. The quantitative estimate of drug-likeness (QED) is 0.0163. The molecule has 0 aliphatic rings. The van der Waals surface area contributed by atoms with Gasteiger partial charge in [0.05, 0.1) is 40.1 Å². The number of aliphatic hydroxyl groups excluding tert-OH is 1. The van der Waals surface area contributed by atoms with E-state index in [-0.39, 0.29) is 32.3 Å². The molecule has 1 N–H and O–H groups in total. The number of hydrogen-bond acceptors (Lipinski definition) is 8. The monoisotopic (exact) mass is 808 g/mol. The van der Waals surface area contributed by atoms with Crippen molar-refractivity contribution in [2.75, 3.05) is 47.5 Å². The normalized spacial score (nSPS) is 15.0. The number of carbonyl (C=O) groups excluding carboxylic acids is 1. The Hall–Kier alpha value is -2.26. The number of hydrogen-bond donors (Lipinski definition) is 1. The number of nitrogens with zero attached hydrogens (tertiary/aromatic N) is 1. The van der Waals surface area contributed by atoms with Crippen molar-refractivity contribution in [3.05, 3.63) is 73.1 Å². The van der Waals surface area contributed by atoms with Gasteiger partial charge in [0.25, 0.3) is 7.82 Å². The molecule has 0 radical (unpaired) electrons. The molecule has 0 amide bonds. The summed E-state index contributed by atoms with van der Waals surface area (Å²) in [6.45, 7) is 4.47. The van der Waals surface area contributed by atoms with Crippen LogP contribution in [0.25, 0.3) is 0 Å². The molecule has 0 heterocycles. The molecule has 1 unspecified atom stereocenters. The average Bonchev–Trinajstić information content (AvgIpc) is 3.15. The van der Waals surface area contributed by atoms with Crippen LogP contribution < -0.4 is 4.89 Å². The van der Waals surface area contributed by atoms with Gasteiger partial charge in [0.2, 0.25) is 0 Å². The fourth-order valence-corrected chi connectivity index (χ4v) is 6.13. The van der Waals surface area contributed by atoms with Crippen molar-refractivity contribution in [3.8, 4) is 0 Å². The minimum atomic E-state index is -4.57. The molecule has 0 aromatic carbocycles. The van der Waals surface area contributed by atoms with Crippen molar-refractivity contribution in [1.82, 2.24) is 0 Å². The second kappa shape index (κ2) is 38.3. The zero-order valence-electron chi connectivity index (χ0n) is 36.2. The summed E-state index contributed by atoms with van der Waals surface area (Å²) in [6.07, 6.45) is 46.3. The molecule has 9 nitrogen and oxygen atoms in total. The minimum absolute atomic E-state index is 0.00610. The first-order valence-corrected chi connectivity index (χ1v) is 23.3. The van der Waals surface area contributed by atoms with E-state index in [2.05, 4.69) is 56.4 Å². The first-order chi connectivity index (χ1) is 27.0. The van der Waals surface area contributed by atoms with Gasteiger partial charge in [0, 0.05) is 6.42 Å². The third-order valence-electron chi connectivity index (χ3n) is 8.87. The standard InChI is InChI=1S/C46H82NO8P/c1-6-8-10-11-12-13-14-15-16-17-20-23-26-29-32-35-40-52-42-45(43-54-56(50,51)53-41-39-47(3,4)5)55-46(49)38-34-31-28-25-22-19-18-21-24-27-30-33-37-44(48)36-9-7-2/h15-16,18-19,24-25,27-28,33,35,37,40,44-45,48H,6-14,17,20-23,26,29-32,34,36,38-39,41-43H2,1-5H3/b16-15-,19-18-,27-24-,28-25-,37-33-,40-35+/t44-,45-/m1/s1. The van der Waals surface area contributed by atoms with E-state index < -0.39 is 19.9 Å². The maximum Gasteiger partial charge on any atom is 0.306 e. The lowest BCUT2D eigenvalue weighted by atomic mass is 10.1. The smallest absolute Gasteiger partial charge is 0.306 e. The molecule has 0 saturated carbocycles. The molecular formula is C46H82NO8P. The van der Waals surface area contributed by atoms with Crippen molar-refractivity contribution in [2.24, 2.45) is 0 Å². The minimum Gasteiger partial charge on any atom is -0.756 e. The SMILES string of the molecule is CCCCCCCC/C=C\CCCCCC/C=C/OC[C@H](COP(=O)([O-])OCC[N+](C)(C)C)OC(=O)CCC/C=C\C/C=C\C/C=C\C/C=C\[C@H](O)CCCC. The summed E-state index contributed by atoms with van der Waals surface area (Å²) < 4.78 is 34.2. The third-order valence-corrected chi connectivity index (χ3v) is 9.83. The van der Waals surface area contributed by atoms with Crippen LogP contribution in [-0.2, 0) is 27.9 Å². The third kappa shape index (κ3) is 41.4. The lowest BCUT2D eigenvalue weighted by Crippen LogP contribution is -2.37. The van der Waals surface area contributed by atoms with E-state index in [1.807, 2.05) is 45.4 Å². The van der Waals surface area contributed by atoms with Crippen LogP contribution in [0.5, 0.6) is 0 Å². The largest absolute Gasteiger partial charge is 0.756 e. The number of unbranched alkanes of at least 4 members (excludes halogenated alkanes) is 13. The van der Waals surface area contributed by atoms with Crippen LogP contribution in [-0.4, -0.2) is 75.3 Å². The van der Waals surface area contributed by atoms with E-state index in [0.717, 1.165) is 70.6 Å². The van der Waals surface area contributed by atoms with Crippen molar-refractivity contribution >= 4 is 13.8 Å². The van der Waals surface area contributed by atoms with Crippen LogP contribution in [0.4, 0.5) is 0 Å². The summed E-state index contributed by atoms with van der Waals surface area (Å²) in [5, 5.41) is 9.82. The fourth-order valence-electron chi connectivity index (χ4n) is 5.40. The van der Waals surface area contributed by atoms with Crippen LogP contribution in [0.3, 0.4) is 0 Å². The maximum atomic E-state index is 12.6. The van der Waals surface area contributed by atoms with Gasteiger partial charge in [-0.3, -0.25) is 9.36 Å². The summed E-state index contributed by atoms with van der Waals surface area (Å²) in [5.74, 6) is -0.430. The van der Waals surface area contributed by atoms with Gasteiger partial charge in [-0.2, -0.15) is 0 Å². The van der Waals surface area contributed by atoms with E-state index in [9.17, 15) is 19.4 Å². The Bertz CT molecular complexity index is 1140. The molecular weight excluding hydrogens is 725 g/mol. The Kier molecular flexibility index (Phi) is 36.7. The van der Waals surface area contributed by atoms with Gasteiger partial charge in [0.1, 0.15) is 19.8 Å². The summed E-state index contributed by atoms with van der Waals surface area (Å²) in [6, 6.07) is 0. The molecule has 0 saturated heterocycles. The van der Waals surface area contributed by atoms with E-state index in [1.54, 1.807) is 6.26 Å². The van der Waals surface area contributed by atoms with Gasteiger partial charge in [0.15, 0.2) is 6.10 Å². The number of allylic oxidation sites excluding steroid dienone is 10. The van der Waals surface area contributed by atoms with Crippen LogP contribution in [0.1, 0.15) is 155 Å². The second-order valence-electron chi connectivity index (χ2n) is 15.6. The molecule has 0 aromatic rings. The molecule has 324 valence electrons. The number of phosphoric ester groups is 1. The Morgan fingerprint density at radius 1 is 0.661 bits per heavy atom. The number of rotatable bonds is 39. The number of carbonyl (C=O) groups is 1. The van der Waals surface area contributed by atoms with E-state index >= 15 is 0 Å². The Labute approximate surface area is 343 Å². The highest BCUT2D eigenvalue weighted by atomic mass is 31.2. The molecule has 0 spiro atoms. The van der Waals surface area contributed by atoms with Gasteiger partial charge < -0.3 is 33.0 Å². The molecule has 3 atom stereocenters. The lowest BCUT2D eigenvalue weighted by Gasteiger charge is -2.28. The Balaban J connectivity index is 4.46. The average molecular weight is 808 g/mol. The van der Waals surface area contributed by atoms with Crippen LogP contribution in [0.2, 0.25) is 0 Å². The highest BCUT2D eigenvalue weighted by Crippen LogP contribution is 2.38. The number of aliphatic hydroxyl groups is 1. The van der Waals surface area contributed by atoms with Crippen LogP contribution >= 0.6 is 7.82 Å². The molecule has 0 rings (SSSR count). The zero-order valence-corrected chi connectivity index (χ0v) is 37.1. The lowest BCUT2D eigenvalue weighted by molar-refractivity contribution is -0.870. The van der Waals surface area contributed by atoms with Gasteiger partial charge in [-0.25, -0.2) is 0 Å². The molecule has 0 fully saturated rings. The Morgan fingerprint density at radius 3 is 1.79 bits per heavy atom. The topological polar surface area (TPSA) is 114 Å². The summed E-state index contributed by atoms with van der Waals surface area (Å²) in [5.41, 5.74) is 0. The van der Waals surface area contributed by atoms with Gasteiger partial charge in [-0.1, -0.05) is 132 Å². The molecule has 0 aliphatic heterocycles. The summed E-state index contributed by atoms with van der Waals surface area (Å²) in [4.78, 5) is 25.0. The van der Waals surface area contributed by atoms with E-state index in [1.165, 1.54) is 57.8 Å². The number of quaternary nitrogens is 1. The van der Waals surface area contributed by atoms with Crippen molar-refractivity contribution < 1.29 is 42.4 Å². The summed E-state index contributed by atoms with van der Waals surface area (Å²) >= 11 is 0. The molecule has 0 aliphatic carbocycles. The summed E-state index contributed by atoms with van der Waals surface area (Å²) in [7, 11) is 1.25. The van der Waals surface area contributed by atoms with Crippen LogP contribution in [0, 0.1) is 0 Å². The first kappa shape index (κ1) is 53.7.